The molecule has 1 fully saturated rings. The van der Waals surface area contributed by atoms with Gasteiger partial charge in [-0.3, -0.25) is 0 Å². The van der Waals surface area contributed by atoms with Gasteiger partial charge in [0.2, 0.25) is 0 Å². The van der Waals surface area contributed by atoms with Crippen LogP contribution >= 0.6 is 0 Å². The maximum absolute atomic E-state index is 10.3. The van der Waals surface area contributed by atoms with Gasteiger partial charge in [0.25, 0.3) is 0 Å². The number of azide groups is 1. The molecule has 1 aliphatic rings. The van der Waals surface area contributed by atoms with Gasteiger partial charge in [0.1, 0.15) is 30.0 Å². The van der Waals surface area contributed by atoms with E-state index in [9.17, 15) is 5.11 Å². The lowest BCUT2D eigenvalue weighted by atomic mass is 9.93. The van der Waals surface area contributed by atoms with Gasteiger partial charge in [-0.15, -0.1) is 0 Å². The fourth-order valence-corrected chi connectivity index (χ4v) is 4.42. The molecule has 0 bridgehead atoms. The van der Waals surface area contributed by atoms with E-state index in [1.54, 1.807) is 13.8 Å². The predicted octanol–water partition coefficient (Wildman–Crippen LogP) is 5.59. The Morgan fingerprint density at radius 3 is 1.68 bits per heavy atom. The van der Waals surface area contributed by atoms with Gasteiger partial charge in [-0.1, -0.05) is 108 Å². The second kappa shape index (κ2) is 14.6. The van der Waals surface area contributed by atoms with Gasteiger partial charge in [0, 0.05) is 4.91 Å². The maximum Gasteiger partial charge on any atom is 0.147 e. The molecule has 0 aromatic heterocycles. The first kappa shape index (κ1) is 29.3. The van der Waals surface area contributed by atoms with E-state index in [4.69, 9.17) is 24.5 Å². The Morgan fingerprint density at radius 1 is 0.775 bits per heavy atom. The fraction of sp³-hybridized carbons (Fsp3) is 0.375. The van der Waals surface area contributed by atoms with Crippen molar-refractivity contribution >= 4 is 0 Å². The van der Waals surface area contributed by atoms with E-state index in [2.05, 4.69) is 21.9 Å². The molecule has 0 amide bonds. The number of hydrogen-bond donors (Lipinski definition) is 1. The number of aliphatic hydroxyl groups is 1. The van der Waals surface area contributed by atoms with E-state index in [1.807, 2.05) is 91.0 Å². The average molecular weight is 542 g/mol. The summed E-state index contributed by atoms with van der Waals surface area (Å²) < 4.78 is 25.8. The lowest BCUT2D eigenvalue weighted by Gasteiger charge is -2.44. The van der Waals surface area contributed by atoms with Gasteiger partial charge in [-0.2, -0.15) is 0 Å². The molecule has 0 radical (unpaired) electrons. The number of ether oxygens (including phenoxy) is 4. The number of nitrogens with zero attached hydrogens (tertiary/aromatic N) is 3. The molecular formula is C32H35N3O5. The van der Waals surface area contributed by atoms with Crippen LogP contribution in [-0.4, -0.2) is 47.8 Å². The molecule has 40 heavy (non-hydrogen) atoms. The van der Waals surface area contributed by atoms with Gasteiger partial charge in [-0.25, -0.2) is 0 Å². The van der Waals surface area contributed by atoms with Crippen molar-refractivity contribution in [2.75, 3.05) is 6.54 Å². The zero-order valence-electron chi connectivity index (χ0n) is 22.8. The van der Waals surface area contributed by atoms with Crippen molar-refractivity contribution in [1.29, 1.82) is 0 Å². The summed E-state index contributed by atoms with van der Waals surface area (Å²) in [4.78, 5) is 2.95. The van der Waals surface area contributed by atoms with E-state index in [0.29, 0.717) is 19.8 Å². The Kier molecular flexibility index (Phi) is 10.7. The zero-order chi connectivity index (χ0) is 28.2. The molecule has 1 N–H and O–H groups in total. The molecule has 1 heterocycles. The number of hydrogen-bond acceptors (Lipinski definition) is 6. The third kappa shape index (κ3) is 8.94. The van der Waals surface area contributed by atoms with E-state index >= 15 is 0 Å². The van der Waals surface area contributed by atoms with Crippen molar-refractivity contribution < 1.29 is 24.1 Å². The summed E-state index contributed by atoms with van der Waals surface area (Å²) in [7, 11) is 0. The Hall–Kier alpha value is -3.67. The summed E-state index contributed by atoms with van der Waals surface area (Å²) in [6, 6.07) is 29.5. The highest BCUT2D eigenvalue weighted by Crippen LogP contribution is 2.31. The molecule has 0 aliphatic carbocycles. The molecule has 8 heteroatoms. The van der Waals surface area contributed by atoms with Crippen LogP contribution in [-0.2, 0) is 38.8 Å². The van der Waals surface area contributed by atoms with Crippen LogP contribution < -0.4 is 0 Å². The van der Waals surface area contributed by atoms with Gasteiger partial charge in [0.05, 0.1) is 32.5 Å². The molecule has 5 atom stereocenters. The van der Waals surface area contributed by atoms with Gasteiger partial charge in [0.15, 0.2) is 0 Å². The largest absolute Gasteiger partial charge is 0.378 e. The zero-order valence-corrected chi connectivity index (χ0v) is 22.8. The Morgan fingerprint density at radius 2 is 1.23 bits per heavy atom. The lowest BCUT2D eigenvalue weighted by molar-refractivity contribution is -0.251. The van der Waals surface area contributed by atoms with Crippen molar-refractivity contribution in [2.24, 2.45) is 5.11 Å². The molecule has 3 aromatic rings. The molecule has 8 nitrogen and oxygen atoms in total. The van der Waals surface area contributed by atoms with E-state index in [0.717, 1.165) is 16.7 Å². The summed E-state index contributed by atoms with van der Waals surface area (Å²) in [5.74, 6) is 5.92. The highest BCUT2D eigenvalue weighted by atomic mass is 16.6. The highest BCUT2D eigenvalue weighted by molar-refractivity contribution is 5.20. The Labute approximate surface area is 235 Å². The Bertz CT molecular complexity index is 1280. The first-order chi connectivity index (χ1) is 19.4. The second-order valence-electron chi connectivity index (χ2n) is 10.1. The fourth-order valence-electron chi connectivity index (χ4n) is 4.42. The highest BCUT2D eigenvalue weighted by Gasteiger charge is 2.47. The third-order valence-corrected chi connectivity index (χ3v) is 6.33. The van der Waals surface area contributed by atoms with Gasteiger partial charge >= 0.3 is 0 Å². The van der Waals surface area contributed by atoms with Crippen molar-refractivity contribution in [3.63, 3.8) is 0 Å². The van der Waals surface area contributed by atoms with E-state index < -0.39 is 36.1 Å². The average Bonchev–Trinajstić information content (AvgIpc) is 2.97. The molecule has 3 aromatic carbocycles. The molecule has 0 spiro atoms. The van der Waals surface area contributed by atoms with Crippen LogP contribution in [0.15, 0.2) is 96.1 Å². The maximum atomic E-state index is 10.3. The number of benzene rings is 3. The minimum absolute atomic E-state index is 0.0211. The van der Waals surface area contributed by atoms with E-state index in [1.165, 1.54) is 0 Å². The van der Waals surface area contributed by atoms with Crippen molar-refractivity contribution in [3.05, 3.63) is 118 Å². The minimum Gasteiger partial charge on any atom is -0.378 e. The van der Waals surface area contributed by atoms with Crippen LogP contribution in [0.25, 0.3) is 10.4 Å². The van der Waals surface area contributed by atoms with Crippen LogP contribution in [0.3, 0.4) is 0 Å². The summed E-state index contributed by atoms with van der Waals surface area (Å²) >= 11 is 0. The molecule has 1 aliphatic heterocycles. The molecule has 0 saturated carbocycles. The monoisotopic (exact) mass is 541 g/mol. The number of rotatable bonds is 11. The SMILES string of the molecule is CC(C)(O)C#C[C@H]1OC(CN=[N+]=[N-])[C@@H](OCc2ccccc2)C(OCc2ccccc2)C1OCc1ccccc1. The summed E-state index contributed by atoms with van der Waals surface area (Å²) in [6.07, 6.45) is -3.34. The molecule has 3 unspecified atom stereocenters. The predicted molar refractivity (Wildman–Crippen MR) is 152 cm³/mol. The van der Waals surface area contributed by atoms with Gasteiger partial charge in [-0.05, 0) is 36.1 Å². The smallest absolute Gasteiger partial charge is 0.147 e. The summed E-state index contributed by atoms with van der Waals surface area (Å²) in [5.41, 5.74) is 10.8. The lowest BCUT2D eigenvalue weighted by Crippen LogP contribution is -2.60. The van der Waals surface area contributed by atoms with E-state index in [-0.39, 0.29) is 6.54 Å². The van der Waals surface area contributed by atoms with Crippen molar-refractivity contribution in [3.8, 4) is 11.8 Å². The van der Waals surface area contributed by atoms with Crippen molar-refractivity contribution in [1.82, 2.24) is 0 Å². The third-order valence-electron chi connectivity index (χ3n) is 6.33. The van der Waals surface area contributed by atoms with Crippen LogP contribution in [0.4, 0.5) is 0 Å². The van der Waals surface area contributed by atoms with Crippen LogP contribution in [0.5, 0.6) is 0 Å². The second-order valence-corrected chi connectivity index (χ2v) is 10.1. The topological polar surface area (TPSA) is 106 Å². The summed E-state index contributed by atoms with van der Waals surface area (Å²) in [5, 5.41) is 14.1. The molecule has 208 valence electrons. The molecular weight excluding hydrogens is 506 g/mol. The molecule has 1 saturated heterocycles. The minimum atomic E-state index is -1.24. The first-order valence-electron chi connectivity index (χ1n) is 13.3. The van der Waals surface area contributed by atoms with Crippen LogP contribution in [0.1, 0.15) is 30.5 Å². The standard InChI is InChI=1S/C32H35N3O5/c1-32(2,36)19-18-27-29(37-21-24-12-6-3-7-13-24)31(39-23-26-16-10-5-11-17-26)30(28(40-27)20-34-35-33)38-22-25-14-8-4-9-15-25/h3-17,27-31,36H,20-23H2,1-2H3/t27-,28?,29?,30-,31?/m1/s1. The first-order valence-corrected chi connectivity index (χ1v) is 13.3. The molecule has 4 rings (SSSR count). The Balaban J connectivity index is 1.69. The van der Waals surface area contributed by atoms with Crippen LogP contribution in [0.2, 0.25) is 0 Å². The van der Waals surface area contributed by atoms with Crippen LogP contribution in [0, 0.1) is 11.8 Å². The normalized spacial score (nSPS) is 22.5. The summed E-state index contributed by atoms with van der Waals surface area (Å²) in [6.45, 7) is 4.14. The van der Waals surface area contributed by atoms with Crippen molar-refractivity contribution in [2.45, 2.75) is 69.8 Å². The quantitative estimate of drug-likeness (QED) is 0.147. The van der Waals surface area contributed by atoms with Gasteiger partial charge < -0.3 is 24.1 Å².